The fraction of sp³-hybridized carbons (Fsp3) is 0.154. The third-order valence-corrected chi connectivity index (χ3v) is 3.25. The van der Waals surface area contributed by atoms with Crippen LogP contribution >= 0.6 is 15.9 Å². The maximum Gasteiger partial charge on any atom is 0.150 e. The highest BCUT2D eigenvalue weighted by Gasteiger charge is 2.13. The minimum atomic E-state index is 0.582. The van der Waals surface area contributed by atoms with Gasteiger partial charge in [-0.2, -0.15) is 0 Å². The van der Waals surface area contributed by atoms with Crippen molar-refractivity contribution in [3.8, 4) is 11.5 Å². The summed E-state index contributed by atoms with van der Waals surface area (Å²) in [7, 11) is 3.18. The quantitative estimate of drug-likeness (QED) is 0.814. The lowest BCUT2D eigenvalue weighted by molar-refractivity contribution is 0.112. The first-order chi connectivity index (χ1) is 8.22. The van der Waals surface area contributed by atoms with E-state index in [9.17, 15) is 4.79 Å². The van der Waals surface area contributed by atoms with E-state index in [1.165, 1.54) is 0 Å². The Bertz CT molecular complexity index is 578. The molecule has 88 valence electrons. The van der Waals surface area contributed by atoms with Gasteiger partial charge in [-0.05, 0) is 40.2 Å². The van der Waals surface area contributed by atoms with E-state index in [-0.39, 0.29) is 0 Å². The molecule has 0 aliphatic heterocycles. The number of ether oxygens (including phenoxy) is 2. The normalized spacial score (nSPS) is 10.3. The second-order valence-corrected chi connectivity index (χ2v) is 4.33. The van der Waals surface area contributed by atoms with Gasteiger partial charge in [0.25, 0.3) is 0 Å². The van der Waals surface area contributed by atoms with Crippen LogP contribution in [-0.2, 0) is 0 Å². The molecule has 2 aromatic rings. The maximum absolute atomic E-state index is 11.1. The molecule has 0 saturated heterocycles. The van der Waals surface area contributed by atoms with Gasteiger partial charge in [-0.25, -0.2) is 0 Å². The molecule has 0 bridgehead atoms. The summed E-state index contributed by atoms with van der Waals surface area (Å²) in [5, 5.41) is 1.62. The van der Waals surface area contributed by atoms with Crippen LogP contribution < -0.4 is 9.47 Å². The van der Waals surface area contributed by atoms with Gasteiger partial charge >= 0.3 is 0 Å². The molecule has 0 heterocycles. The Hall–Kier alpha value is -1.55. The molecule has 0 aliphatic rings. The summed E-state index contributed by atoms with van der Waals surface area (Å²) in [4.78, 5) is 11.1. The van der Waals surface area contributed by atoms with Crippen LogP contribution in [0.4, 0.5) is 0 Å². The van der Waals surface area contributed by atoms with Gasteiger partial charge < -0.3 is 9.47 Å². The predicted octanol–water partition coefficient (Wildman–Crippen LogP) is 3.43. The molecule has 17 heavy (non-hydrogen) atoms. The van der Waals surface area contributed by atoms with Crippen molar-refractivity contribution in [3.05, 3.63) is 34.3 Å². The summed E-state index contributed by atoms with van der Waals surface area (Å²) in [6.45, 7) is 0. The number of halogens is 1. The van der Waals surface area contributed by atoms with E-state index in [0.29, 0.717) is 11.3 Å². The average Bonchev–Trinajstić information content (AvgIpc) is 2.37. The molecular formula is C13H11BrO3. The molecule has 4 heteroatoms. The van der Waals surface area contributed by atoms with Crippen molar-refractivity contribution in [2.24, 2.45) is 0 Å². The zero-order valence-corrected chi connectivity index (χ0v) is 11.1. The third kappa shape index (κ3) is 1.89. The van der Waals surface area contributed by atoms with Crippen molar-refractivity contribution in [1.29, 1.82) is 0 Å². The van der Waals surface area contributed by atoms with Crippen molar-refractivity contribution in [2.75, 3.05) is 14.2 Å². The predicted molar refractivity (Wildman–Crippen MR) is 70.1 cm³/mol. The minimum Gasteiger partial charge on any atom is -0.496 e. The Labute approximate surface area is 107 Å². The number of carbonyl (C=O) groups excluding carboxylic acids is 1. The van der Waals surface area contributed by atoms with Crippen molar-refractivity contribution in [3.63, 3.8) is 0 Å². The highest BCUT2D eigenvalue weighted by Crippen LogP contribution is 2.39. The van der Waals surface area contributed by atoms with Crippen molar-refractivity contribution >= 4 is 33.0 Å². The summed E-state index contributed by atoms with van der Waals surface area (Å²) < 4.78 is 11.4. The molecule has 3 nitrogen and oxygen atoms in total. The van der Waals surface area contributed by atoms with Crippen molar-refractivity contribution in [2.45, 2.75) is 0 Å². The largest absolute Gasteiger partial charge is 0.496 e. The van der Waals surface area contributed by atoms with Crippen LogP contribution in [-0.4, -0.2) is 20.5 Å². The van der Waals surface area contributed by atoms with Gasteiger partial charge in [-0.1, -0.05) is 0 Å². The van der Waals surface area contributed by atoms with E-state index in [4.69, 9.17) is 9.47 Å². The zero-order valence-electron chi connectivity index (χ0n) is 9.49. The molecule has 0 radical (unpaired) electrons. The van der Waals surface area contributed by atoms with Crippen LogP contribution in [0, 0.1) is 0 Å². The van der Waals surface area contributed by atoms with E-state index in [1.54, 1.807) is 26.4 Å². The molecule has 0 unspecified atom stereocenters. The van der Waals surface area contributed by atoms with Crippen molar-refractivity contribution in [1.82, 2.24) is 0 Å². The highest BCUT2D eigenvalue weighted by atomic mass is 79.9. The van der Waals surface area contributed by atoms with Crippen molar-refractivity contribution < 1.29 is 14.3 Å². The lowest BCUT2D eigenvalue weighted by Crippen LogP contribution is -1.93. The molecule has 0 N–H and O–H groups in total. The van der Waals surface area contributed by atoms with Crippen LogP contribution in [0.5, 0.6) is 11.5 Å². The Morgan fingerprint density at radius 3 is 2.47 bits per heavy atom. The first-order valence-electron chi connectivity index (χ1n) is 5.01. The molecule has 0 amide bonds. The Morgan fingerprint density at radius 2 is 1.88 bits per heavy atom. The number of benzene rings is 2. The van der Waals surface area contributed by atoms with Crippen LogP contribution in [0.3, 0.4) is 0 Å². The second kappa shape index (κ2) is 4.75. The molecule has 0 aliphatic carbocycles. The number of hydrogen-bond acceptors (Lipinski definition) is 3. The second-order valence-electron chi connectivity index (χ2n) is 3.48. The van der Waals surface area contributed by atoms with Gasteiger partial charge in [0.2, 0.25) is 0 Å². The lowest BCUT2D eigenvalue weighted by atomic mass is 10.0. The molecule has 0 saturated carbocycles. The summed E-state index contributed by atoms with van der Waals surface area (Å²) in [5.41, 5.74) is 0.582. The molecule has 0 aromatic heterocycles. The highest BCUT2D eigenvalue weighted by molar-refractivity contribution is 9.10. The van der Waals surface area contributed by atoms with Gasteiger partial charge in [-0.15, -0.1) is 0 Å². The summed E-state index contributed by atoms with van der Waals surface area (Å²) in [6.07, 6.45) is 0.816. The fourth-order valence-corrected chi connectivity index (χ4v) is 2.36. The van der Waals surface area contributed by atoms with E-state index in [0.717, 1.165) is 27.3 Å². The number of rotatable bonds is 3. The molecular weight excluding hydrogens is 284 g/mol. The fourth-order valence-electron chi connectivity index (χ4n) is 1.86. The van der Waals surface area contributed by atoms with E-state index >= 15 is 0 Å². The van der Waals surface area contributed by atoms with Crippen LogP contribution in [0.25, 0.3) is 10.8 Å². The first-order valence-corrected chi connectivity index (χ1v) is 5.80. The molecule has 0 fully saturated rings. The monoisotopic (exact) mass is 294 g/mol. The van der Waals surface area contributed by atoms with E-state index in [2.05, 4.69) is 15.9 Å². The maximum atomic E-state index is 11.1. The van der Waals surface area contributed by atoms with Gasteiger partial charge in [0.1, 0.15) is 11.5 Å². The molecule has 0 atom stereocenters. The van der Waals surface area contributed by atoms with E-state index < -0.39 is 0 Å². The average molecular weight is 295 g/mol. The summed E-state index contributed by atoms with van der Waals surface area (Å²) in [5.74, 6) is 1.36. The molecule has 2 aromatic carbocycles. The first kappa shape index (κ1) is 11.9. The SMILES string of the molecule is COc1ccc(C=O)c2c(OC)c(Br)ccc12. The van der Waals surface area contributed by atoms with Crippen LogP contribution in [0.2, 0.25) is 0 Å². The Balaban J connectivity index is 2.95. The van der Waals surface area contributed by atoms with Gasteiger partial charge in [0.05, 0.1) is 18.7 Å². The molecule has 2 rings (SSSR count). The van der Waals surface area contributed by atoms with Gasteiger partial charge in [0.15, 0.2) is 6.29 Å². The van der Waals surface area contributed by atoms with Crippen LogP contribution in [0.15, 0.2) is 28.7 Å². The summed E-state index contributed by atoms with van der Waals surface area (Å²) >= 11 is 3.41. The Morgan fingerprint density at radius 1 is 1.12 bits per heavy atom. The number of carbonyl (C=O) groups is 1. The standard InChI is InChI=1S/C13H11BrO3/c1-16-11-6-3-8(7-15)12-9(11)4-5-10(14)13(12)17-2/h3-7H,1-2H3. The van der Waals surface area contributed by atoms with E-state index in [1.807, 2.05) is 12.1 Å². The topological polar surface area (TPSA) is 35.5 Å². The Kier molecular flexibility index (Phi) is 3.33. The summed E-state index contributed by atoms with van der Waals surface area (Å²) in [6, 6.07) is 7.27. The molecule has 0 spiro atoms. The number of hydrogen-bond donors (Lipinski definition) is 0. The zero-order chi connectivity index (χ0) is 12.4. The van der Waals surface area contributed by atoms with Crippen LogP contribution in [0.1, 0.15) is 10.4 Å². The van der Waals surface area contributed by atoms with Gasteiger partial charge in [-0.3, -0.25) is 4.79 Å². The lowest BCUT2D eigenvalue weighted by Gasteiger charge is -2.12. The minimum absolute atomic E-state index is 0.582. The number of aldehydes is 1. The number of fused-ring (bicyclic) bond motifs is 1. The third-order valence-electron chi connectivity index (χ3n) is 2.63. The smallest absolute Gasteiger partial charge is 0.150 e. The van der Waals surface area contributed by atoms with Gasteiger partial charge in [0, 0.05) is 16.3 Å². The number of methoxy groups -OCH3 is 2.